The second-order valence-corrected chi connectivity index (χ2v) is 7.39. The molecule has 1 rings (SSSR count). The molecule has 0 unspecified atom stereocenters. The van der Waals surface area contributed by atoms with E-state index in [4.69, 9.17) is 0 Å². The normalized spacial score (nSPS) is 14.2. The van der Waals surface area contributed by atoms with Crippen LogP contribution in [0.2, 0.25) is 0 Å². The molecule has 0 bridgehead atoms. The van der Waals surface area contributed by atoms with Crippen LogP contribution >= 0.6 is 0 Å². The van der Waals surface area contributed by atoms with Gasteiger partial charge in [0, 0.05) is 5.54 Å². The molecule has 0 heterocycles. The van der Waals surface area contributed by atoms with Crippen LogP contribution in [-0.2, 0) is 21.7 Å². The zero-order valence-corrected chi connectivity index (χ0v) is 19.7. The first kappa shape index (κ1) is 29.0. The molecular formula is C15H31Cl2NSiTi. The molecule has 20 heavy (non-hydrogen) atoms. The monoisotopic (exact) mass is 371 g/mol. The van der Waals surface area contributed by atoms with Crippen LogP contribution in [0.25, 0.3) is 0 Å². The van der Waals surface area contributed by atoms with Crippen LogP contribution in [0.3, 0.4) is 0 Å². The zero-order valence-electron chi connectivity index (χ0n) is 14.6. The molecule has 0 radical (unpaired) electrons. The summed E-state index contributed by atoms with van der Waals surface area (Å²) in [6.07, 6.45) is 2.45. The molecule has 0 fully saturated rings. The minimum atomic E-state index is 0. The molecule has 1 nitrogen and oxygen atoms in total. The van der Waals surface area contributed by atoms with Gasteiger partial charge in [-0.25, -0.2) is 0 Å². The Labute approximate surface area is 157 Å². The first-order valence-electron chi connectivity index (χ1n) is 6.64. The third kappa shape index (κ3) is 9.07. The average Bonchev–Trinajstić information content (AvgIpc) is 2.46. The third-order valence-corrected chi connectivity index (χ3v) is 5.66. The third-order valence-electron chi connectivity index (χ3n) is 4.45. The van der Waals surface area contributed by atoms with Crippen LogP contribution in [0, 0.1) is 0 Å². The number of hydrogen-bond acceptors (Lipinski definition) is 1. The smallest absolute Gasteiger partial charge is 1.00 e. The van der Waals surface area contributed by atoms with Gasteiger partial charge in [-0.15, -0.1) is 0 Å². The maximum absolute atomic E-state index is 2.38. The molecule has 0 amide bonds. The number of nitrogens with zero attached hydrogens (tertiary/aromatic N) is 1. The van der Waals surface area contributed by atoms with E-state index in [-0.39, 0.29) is 46.5 Å². The predicted molar refractivity (Wildman–Crippen MR) is 83.4 cm³/mol. The number of allylic oxidation sites excluding steroid dienone is 4. The van der Waals surface area contributed by atoms with Gasteiger partial charge >= 0.3 is 21.7 Å². The molecule has 0 saturated carbocycles. The van der Waals surface area contributed by atoms with Gasteiger partial charge in [0.15, 0.2) is 0 Å². The van der Waals surface area contributed by atoms with Crippen molar-refractivity contribution < 1.29 is 46.5 Å². The fourth-order valence-electron chi connectivity index (χ4n) is 1.62. The molecule has 0 aromatic rings. The van der Waals surface area contributed by atoms with E-state index in [1.807, 2.05) is 0 Å². The van der Waals surface area contributed by atoms with Crippen molar-refractivity contribution in [2.45, 2.75) is 66.8 Å². The number of rotatable bonds is 2. The van der Waals surface area contributed by atoms with E-state index in [0.717, 1.165) is 0 Å². The Bertz CT molecular complexity index is 315. The zero-order chi connectivity index (χ0) is 13.8. The minimum absolute atomic E-state index is 0. The van der Waals surface area contributed by atoms with Crippen LogP contribution in [0.15, 0.2) is 22.3 Å². The van der Waals surface area contributed by atoms with E-state index < -0.39 is 0 Å². The Balaban J connectivity index is -0.000000112. The Morgan fingerprint density at radius 2 is 1.30 bits per heavy atom. The maximum Gasteiger partial charge on any atom is 2.00 e. The summed E-state index contributed by atoms with van der Waals surface area (Å²) >= 11 is 0. The van der Waals surface area contributed by atoms with E-state index in [1.54, 1.807) is 11.1 Å². The van der Waals surface area contributed by atoms with E-state index in [1.165, 1.54) is 34.4 Å². The molecule has 5 heteroatoms. The maximum atomic E-state index is 2.38. The van der Waals surface area contributed by atoms with Crippen molar-refractivity contribution in [2.75, 3.05) is 7.05 Å². The van der Waals surface area contributed by atoms with E-state index in [2.05, 4.69) is 60.1 Å². The molecule has 0 aliphatic heterocycles. The van der Waals surface area contributed by atoms with Crippen molar-refractivity contribution in [1.29, 1.82) is 0 Å². The molecule has 0 saturated heterocycles. The first-order valence-corrected chi connectivity index (χ1v) is 7.53. The van der Waals surface area contributed by atoms with E-state index in [9.17, 15) is 0 Å². The quantitative estimate of drug-likeness (QED) is 0.483. The van der Waals surface area contributed by atoms with Gasteiger partial charge in [-0.1, -0.05) is 18.1 Å². The van der Waals surface area contributed by atoms with Gasteiger partial charge in [-0.3, -0.25) is 0 Å². The van der Waals surface area contributed by atoms with Gasteiger partial charge in [0.25, 0.3) is 0 Å². The molecule has 0 spiro atoms. The van der Waals surface area contributed by atoms with Crippen molar-refractivity contribution in [2.24, 2.45) is 0 Å². The van der Waals surface area contributed by atoms with E-state index in [0.29, 0.717) is 5.54 Å². The first-order chi connectivity index (χ1) is 7.63. The van der Waals surface area contributed by atoms with Gasteiger partial charge < -0.3 is 29.4 Å². The molecular weight excluding hydrogens is 341 g/mol. The van der Waals surface area contributed by atoms with Crippen molar-refractivity contribution >= 4 is 10.4 Å². The Morgan fingerprint density at radius 3 is 1.35 bits per heavy atom. The molecule has 0 aromatic carbocycles. The minimum Gasteiger partial charge on any atom is -1.00 e. The van der Waals surface area contributed by atoms with E-state index >= 15 is 0 Å². The van der Waals surface area contributed by atoms with Gasteiger partial charge in [-0.2, -0.15) is 0 Å². The second-order valence-electron chi connectivity index (χ2n) is 6.05. The van der Waals surface area contributed by atoms with Crippen LogP contribution < -0.4 is 24.8 Å². The van der Waals surface area contributed by atoms with Crippen molar-refractivity contribution in [1.82, 2.24) is 4.57 Å². The topological polar surface area (TPSA) is 3.24 Å². The predicted octanol–water partition coefficient (Wildman–Crippen LogP) is -2.54. The van der Waals surface area contributed by atoms with Gasteiger partial charge in [0.05, 0.1) is 10.4 Å². The fraction of sp³-hybridized carbons (Fsp3) is 0.733. The summed E-state index contributed by atoms with van der Waals surface area (Å²) in [5.41, 5.74) is 6.54. The van der Waals surface area contributed by atoms with Crippen molar-refractivity contribution in [3.63, 3.8) is 0 Å². The summed E-state index contributed by atoms with van der Waals surface area (Å²) in [7, 11) is 3.35. The van der Waals surface area contributed by atoms with Gasteiger partial charge in [-0.05, 0) is 72.6 Å². The molecule has 0 aromatic heterocycles. The largest absolute Gasteiger partial charge is 2.00 e. The fourth-order valence-corrected chi connectivity index (χ4v) is 1.94. The van der Waals surface area contributed by atoms with Crippen LogP contribution in [0.5, 0.6) is 0 Å². The molecule has 1 aliphatic rings. The summed E-state index contributed by atoms with van der Waals surface area (Å²) in [5.74, 6) is 0. The van der Waals surface area contributed by atoms with Crippen molar-refractivity contribution in [3.8, 4) is 0 Å². The summed E-state index contributed by atoms with van der Waals surface area (Å²) < 4.78 is 2.38. The molecule has 1 aliphatic carbocycles. The van der Waals surface area contributed by atoms with Gasteiger partial charge in [0.2, 0.25) is 0 Å². The molecule has 118 valence electrons. The Hall–Kier alpha value is 0.951. The Morgan fingerprint density at radius 1 is 1.00 bits per heavy atom. The summed E-state index contributed by atoms with van der Waals surface area (Å²) in [6, 6.07) is 0. The Kier molecular flexibility index (Phi) is 18.1. The summed E-state index contributed by atoms with van der Waals surface area (Å²) in [5, 5.41) is 0. The average molecular weight is 372 g/mol. The number of halogens is 2. The second kappa shape index (κ2) is 12.5. The molecule has 0 N–H and O–H groups in total. The SMILES string of the molecule is CC1=C(C)C(C)=C(C)C1.CCC(C)(C)N(C)[SiH3].[Cl-].[Cl-].[Ti+2]. The molecule has 0 atom stereocenters. The number of hydrogen-bond donors (Lipinski definition) is 0. The van der Waals surface area contributed by atoms with Crippen LogP contribution in [0.4, 0.5) is 0 Å². The van der Waals surface area contributed by atoms with Crippen molar-refractivity contribution in [3.05, 3.63) is 22.3 Å². The standard InChI is InChI=1S/C9H14.C6H17NSi.2ClH.Ti/c1-6-5-7(2)9(4)8(6)3;1-5-6(2,3)7(4)8;;;/h5H2,1-4H3;5H2,1-4,8H3;2*1H;/q;;;;+2/p-2. The summed E-state index contributed by atoms with van der Waals surface area (Å²) in [6.45, 7) is 15.6. The van der Waals surface area contributed by atoms with Crippen LogP contribution in [0.1, 0.15) is 61.3 Å². The summed E-state index contributed by atoms with van der Waals surface area (Å²) in [4.78, 5) is 0. The van der Waals surface area contributed by atoms with Crippen LogP contribution in [-0.4, -0.2) is 27.6 Å². The van der Waals surface area contributed by atoms with Gasteiger partial charge in [0.1, 0.15) is 0 Å².